The highest BCUT2D eigenvalue weighted by Crippen LogP contribution is 2.48. The van der Waals surface area contributed by atoms with Gasteiger partial charge < -0.3 is 9.38 Å². The van der Waals surface area contributed by atoms with Gasteiger partial charge in [0, 0.05) is 44.4 Å². The monoisotopic (exact) mass is 618 g/mol. The van der Waals surface area contributed by atoms with Gasteiger partial charge in [-0.25, -0.2) is 0 Å². The van der Waals surface area contributed by atoms with Gasteiger partial charge in [0.1, 0.15) is 0 Å². The van der Waals surface area contributed by atoms with Crippen molar-refractivity contribution in [3.05, 3.63) is 164 Å². The van der Waals surface area contributed by atoms with E-state index in [0.717, 1.165) is 0 Å². The van der Waals surface area contributed by atoms with Gasteiger partial charge in [-0.3, -0.25) is 0 Å². The average molecular weight is 619 g/mol. The van der Waals surface area contributed by atoms with E-state index in [1.54, 1.807) is 0 Å². The lowest BCUT2D eigenvalue weighted by molar-refractivity contribution is 1.27. The summed E-state index contributed by atoms with van der Waals surface area (Å²) in [6, 6.07) is 61.3. The Morgan fingerprint density at radius 2 is 1.04 bits per heavy atom. The fourth-order valence-corrected chi connectivity index (χ4v) is 9.26. The van der Waals surface area contributed by atoms with E-state index < -0.39 is 0 Å². The van der Waals surface area contributed by atoms with Crippen LogP contribution in [0.15, 0.2) is 164 Å². The van der Waals surface area contributed by atoms with Crippen LogP contribution in [0.5, 0.6) is 0 Å². The summed E-state index contributed by atoms with van der Waals surface area (Å²) in [5.41, 5.74) is 11.7. The fraction of sp³-hybridized carbons (Fsp3) is 0. The minimum Gasteiger partial charge on any atom is -0.375 e. The van der Waals surface area contributed by atoms with Crippen LogP contribution < -0.4 is 15.8 Å². The van der Waals surface area contributed by atoms with E-state index in [0.29, 0.717) is 0 Å². The minimum absolute atomic E-state index is 0.0107. The Kier molecular flexibility index (Phi) is 4.82. The highest BCUT2D eigenvalue weighted by atomic mass is 15.2. The molecule has 3 heteroatoms. The quantitative estimate of drug-likeness (QED) is 0.131. The summed E-state index contributed by atoms with van der Waals surface area (Å²) in [6.45, 7) is -0.0107. The number of anilines is 3. The van der Waals surface area contributed by atoms with Crippen molar-refractivity contribution in [2.75, 3.05) is 4.90 Å². The predicted molar refractivity (Wildman–Crippen MR) is 210 cm³/mol. The van der Waals surface area contributed by atoms with Crippen LogP contribution >= 0.6 is 0 Å². The zero-order chi connectivity index (χ0) is 31.8. The number of aromatic nitrogens is 1. The summed E-state index contributed by atoms with van der Waals surface area (Å²) in [4.78, 5) is 2.55. The molecule has 2 nitrogen and oxygen atoms in total. The molecule has 0 amide bonds. The van der Waals surface area contributed by atoms with Crippen LogP contribution in [-0.2, 0) is 0 Å². The second-order valence-corrected chi connectivity index (χ2v) is 13.7. The first-order valence-electron chi connectivity index (χ1n) is 17.1. The Labute approximate surface area is 283 Å². The second-order valence-electron chi connectivity index (χ2n) is 13.7. The average Bonchev–Trinajstić information content (AvgIpc) is 3.50. The predicted octanol–water partition coefficient (Wildman–Crippen LogP) is 10.8. The third-order valence-electron chi connectivity index (χ3n) is 11.3. The molecule has 0 radical (unpaired) electrons. The number of hydrogen-bond donors (Lipinski definition) is 0. The van der Waals surface area contributed by atoms with Crippen molar-refractivity contribution in [2.45, 2.75) is 0 Å². The lowest BCUT2D eigenvalue weighted by atomic mass is 9.44. The molecular formula is C46H27BN2. The molecule has 0 N–H and O–H groups in total. The molecule has 1 aromatic heterocycles. The SMILES string of the molecule is c1ccc2cc(N3c4cc5ccccc5c5c4B(c4c3ccc3cc6ccccc6cc43)n3c4ccccc4c4cccc-5c43)ccc2c1. The van der Waals surface area contributed by atoms with Crippen LogP contribution in [0.2, 0.25) is 0 Å². The number of rotatable bonds is 1. The van der Waals surface area contributed by atoms with Gasteiger partial charge in [0.05, 0.1) is 0 Å². The van der Waals surface area contributed by atoms with Crippen molar-refractivity contribution in [1.82, 2.24) is 4.48 Å². The zero-order valence-corrected chi connectivity index (χ0v) is 26.6. The molecule has 0 saturated heterocycles. The molecule has 10 aromatic rings. The van der Waals surface area contributed by atoms with Crippen LogP contribution in [-0.4, -0.2) is 11.3 Å². The molecule has 0 spiro atoms. The fourth-order valence-electron chi connectivity index (χ4n) is 9.26. The molecule has 3 heterocycles. The largest absolute Gasteiger partial charge is 0.375 e. The number of fused-ring (bicyclic) bond motifs is 13. The maximum Gasteiger partial charge on any atom is 0.333 e. The van der Waals surface area contributed by atoms with Crippen molar-refractivity contribution in [2.24, 2.45) is 0 Å². The topological polar surface area (TPSA) is 8.17 Å². The molecule has 0 unspecified atom stereocenters. The van der Waals surface area contributed by atoms with Gasteiger partial charge in [-0.1, -0.05) is 121 Å². The number of benzene rings is 9. The van der Waals surface area contributed by atoms with Crippen LogP contribution in [0, 0.1) is 0 Å². The Balaban J connectivity index is 1.33. The highest BCUT2D eigenvalue weighted by molar-refractivity contribution is 6.92. The summed E-state index contributed by atoms with van der Waals surface area (Å²) in [6.07, 6.45) is 0. The molecule has 2 aliphatic rings. The third kappa shape index (κ3) is 3.27. The Morgan fingerprint density at radius 3 is 1.90 bits per heavy atom. The van der Waals surface area contributed by atoms with Gasteiger partial charge in [-0.2, -0.15) is 0 Å². The van der Waals surface area contributed by atoms with Crippen LogP contribution in [0.25, 0.3) is 76.0 Å². The van der Waals surface area contributed by atoms with E-state index in [1.807, 2.05) is 0 Å². The van der Waals surface area contributed by atoms with Crippen molar-refractivity contribution < 1.29 is 0 Å². The standard InChI is InChI=1S/C46H27BN2/c1-2-12-30-25-34(22-20-28(30)10-1)48-41-23-21-33-24-29-11-3-4-13-31(29)26-39(33)44(41)47-45-42(48)27-32-14-5-6-15-35(32)43(45)38-18-9-17-37-36-16-7-8-19-40(36)49(47)46(37)38/h1-27H. The molecule has 0 aliphatic carbocycles. The molecule has 0 atom stereocenters. The molecular weight excluding hydrogens is 591 g/mol. The Bertz CT molecular complexity index is 3080. The first kappa shape index (κ1) is 25.7. The van der Waals surface area contributed by atoms with Crippen LogP contribution in [0.1, 0.15) is 0 Å². The van der Waals surface area contributed by atoms with Crippen molar-refractivity contribution in [1.29, 1.82) is 0 Å². The van der Waals surface area contributed by atoms with Gasteiger partial charge in [0.15, 0.2) is 0 Å². The van der Waals surface area contributed by atoms with E-state index in [4.69, 9.17) is 0 Å². The van der Waals surface area contributed by atoms with Crippen LogP contribution in [0.4, 0.5) is 17.1 Å². The summed E-state index contributed by atoms with van der Waals surface area (Å²) in [7, 11) is 0. The summed E-state index contributed by atoms with van der Waals surface area (Å²) in [5.74, 6) is 0. The second kappa shape index (κ2) is 9.18. The van der Waals surface area contributed by atoms with Crippen molar-refractivity contribution >= 4 is 99.7 Å². The molecule has 0 fully saturated rings. The first-order valence-corrected chi connectivity index (χ1v) is 17.1. The Hall–Kier alpha value is -6.32. The molecule has 0 bridgehead atoms. The van der Waals surface area contributed by atoms with Crippen LogP contribution in [0.3, 0.4) is 0 Å². The smallest absolute Gasteiger partial charge is 0.333 e. The highest BCUT2D eigenvalue weighted by Gasteiger charge is 2.44. The normalized spacial score (nSPS) is 13.2. The minimum atomic E-state index is -0.0107. The van der Waals surface area contributed by atoms with Gasteiger partial charge in [-0.05, 0) is 102 Å². The molecule has 49 heavy (non-hydrogen) atoms. The zero-order valence-electron chi connectivity index (χ0n) is 26.6. The molecule has 12 rings (SSSR count). The summed E-state index contributed by atoms with van der Waals surface area (Å²) in [5, 5.41) is 12.8. The molecule has 2 aliphatic heterocycles. The first-order chi connectivity index (χ1) is 24.3. The summed E-state index contributed by atoms with van der Waals surface area (Å²) < 4.78 is 2.67. The van der Waals surface area contributed by atoms with E-state index >= 15 is 0 Å². The molecule has 224 valence electrons. The molecule has 0 saturated carbocycles. The van der Waals surface area contributed by atoms with Gasteiger partial charge >= 0.3 is 6.85 Å². The Morgan fingerprint density at radius 1 is 0.388 bits per heavy atom. The third-order valence-corrected chi connectivity index (χ3v) is 11.3. The van der Waals surface area contributed by atoms with Gasteiger partial charge in [-0.15, -0.1) is 0 Å². The van der Waals surface area contributed by atoms with E-state index in [2.05, 4.69) is 173 Å². The van der Waals surface area contributed by atoms with Gasteiger partial charge in [0.2, 0.25) is 0 Å². The molecule has 9 aromatic carbocycles. The lowest BCUT2D eigenvalue weighted by Crippen LogP contribution is -2.57. The maximum absolute atomic E-state index is 2.67. The van der Waals surface area contributed by atoms with E-state index in [-0.39, 0.29) is 6.85 Å². The lowest BCUT2D eigenvalue weighted by Gasteiger charge is -2.41. The maximum atomic E-state index is 2.67. The number of para-hydroxylation sites is 2. The van der Waals surface area contributed by atoms with Crippen molar-refractivity contribution in [3.63, 3.8) is 0 Å². The number of hydrogen-bond acceptors (Lipinski definition) is 1. The number of nitrogens with zero attached hydrogens (tertiary/aromatic N) is 2. The van der Waals surface area contributed by atoms with Crippen molar-refractivity contribution in [3.8, 4) is 11.1 Å². The van der Waals surface area contributed by atoms with E-state index in [9.17, 15) is 0 Å². The summed E-state index contributed by atoms with van der Waals surface area (Å²) >= 11 is 0. The van der Waals surface area contributed by atoms with E-state index in [1.165, 1.54) is 104 Å². The van der Waals surface area contributed by atoms with Gasteiger partial charge in [0.25, 0.3) is 0 Å².